The normalized spacial score (nSPS) is 14.6. The Hall–Kier alpha value is -4.36. The van der Waals surface area contributed by atoms with Gasteiger partial charge in [0.15, 0.2) is 0 Å². The second-order valence-electron chi connectivity index (χ2n) is 17.2. The monoisotopic (exact) mass is 770 g/mol. The topological polar surface area (TPSA) is 95.0 Å². The van der Waals surface area contributed by atoms with E-state index in [-0.39, 0.29) is 42.8 Å². The van der Waals surface area contributed by atoms with Crippen LogP contribution in [0, 0.1) is 5.41 Å². The lowest BCUT2D eigenvalue weighted by molar-refractivity contribution is 0.0355. The molecular formula is C50H62N2O5. The number of aliphatic hydroxyl groups is 1. The van der Waals surface area contributed by atoms with Gasteiger partial charge >= 0.3 is 0 Å². The van der Waals surface area contributed by atoms with Crippen LogP contribution >= 0.6 is 0 Å². The molecule has 0 aliphatic carbocycles. The molecule has 5 aromatic rings. The molecule has 7 heteroatoms. The Labute approximate surface area is 338 Å². The third-order valence-corrected chi connectivity index (χ3v) is 13.3. The molecule has 0 fully saturated rings. The maximum Gasteiger partial charge on any atom is 0.261 e. The Morgan fingerprint density at radius 3 is 1.21 bits per heavy atom. The molecule has 0 atom stereocenters. The predicted octanol–water partition coefficient (Wildman–Crippen LogP) is 12.4. The number of hydrogen-bond donors (Lipinski definition) is 1. The summed E-state index contributed by atoms with van der Waals surface area (Å²) in [6, 6.07) is 15.3. The molecule has 5 aromatic carbocycles. The smallest absolute Gasteiger partial charge is 0.261 e. The van der Waals surface area contributed by atoms with Gasteiger partial charge in [-0.3, -0.25) is 29.0 Å². The standard InChI is InChI=1S/C50H62N2O5/c1-5-9-13-15-17-19-33(20-18-16-14-10-6-2)52-48(56)40-27-23-36-34-21-25-38-44-39(26-22-35(42(34)44)37-24-28-41(49(52)57)45(40)43(36)37)47(55)51(46(38)54)31-50(32-53,29-11-7-3)30-12-8-4/h21-28,33,53H,5-20,29-32H2,1-4H3. The molecule has 0 radical (unpaired) electrons. The van der Waals surface area contributed by atoms with Crippen molar-refractivity contribution in [2.45, 2.75) is 149 Å². The molecule has 0 aromatic heterocycles. The van der Waals surface area contributed by atoms with Crippen LogP contribution in [-0.4, -0.2) is 57.7 Å². The number of aliphatic hydroxyl groups excluding tert-OH is 1. The van der Waals surface area contributed by atoms with Gasteiger partial charge < -0.3 is 5.11 Å². The Morgan fingerprint density at radius 1 is 0.474 bits per heavy atom. The first-order valence-corrected chi connectivity index (χ1v) is 22.3. The number of imide groups is 2. The van der Waals surface area contributed by atoms with Crippen LogP contribution in [-0.2, 0) is 0 Å². The van der Waals surface area contributed by atoms with Gasteiger partial charge in [0.2, 0.25) is 0 Å². The first-order chi connectivity index (χ1) is 27.7. The van der Waals surface area contributed by atoms with Crippen molar-refractivity contribution in [3.63, 3.8) is 0 Å². The van der Waals surface area contributed by atoms with Crippen LogP contribution < -0.4 is 0 Å². The van der Waals surface area contributed by atoms with Crippen LogP contribution in [0.4, 0.5) is 0 Å². The number of fused-ring (bicyclic) bond motifs is 2. The molecule has 0 saturated heterocycles. The van der Waals surface area contributed by atoms with Gasteiger partial charge in [0.25, 0.3) is 23.6 Å². The summed E-state index contributed by atoms with van der Waals surface area (Å²) < 4.78 is 0. The fraction of sp³-hybridized carbons (Fsp3) is 0.520. The van der Waals surface area contributed by atoms with Crippen molar-refractivity contribution < 1.29 is 24.3 Å². The van der Waals surface area contributed by atoms with E-state index in [9.17, 15) is 24.3 Å². The second kappa shape index (κ2) is 17.6. The average Bonchev–Trinajstić information content (AvgIpc) is 3.23. The van der Waals surface area contributed by atoms with Crippen molar-refractivity contribution >= 4 is 66.7 Å². The van der Waals surface area contributed by atoms with E-state index in [1.165, 1.54) is 43.4 Å². The molecule has 7 nitrogen and oxygen atoms in total. The average molecular weight is 771 g/mol. The summed E-state index contributed by atoms with van der Waals surface area (Å²) in [7, 11) is 0. The first kappa shape index (κ1) is 40.8. The molecule has 2 aliphatic rings. The van der Waals surface area contributed by atoms with Gasteiger partial charge in [-0.05, 0) is 82.3 Å². The van der Waals surface area contributed by atoms with E-state index < -0.39 is 5.41 Å². The van der Waals surface area contributed by atoms with Crippen molar-refractivity contribution in [1.29, 1.82) is 0 Å². The van der Waals surface area contributed by atoms with Crippen molar-refractivity contribution in [2.24, 2.45) is 5.41 Å². The molecule has 7 rings (SSSR count). The summed E-state index contributed by atoms with van der Waals surface area (Å²) in [6.07, 6.45) is 18.3. The minimum absolute atomic E-state index is 0.0729. The van der Waals surface area contributed by atoms with E-state index in [4.69, 9.17) is 0 Å². The molecule has 0 saturated carbocycles. The molecular weight excluding hydrogens is 709 g/mol. The Kier molecular flexibility index (Phi) is 12.6. The second-order valence-corrected chi connectivity index (χ2v) is 17.2. The van der Waals surface area contributed by atoms with E-state index in [1.54, 1.807) is 4.90 Å². The Morgan fingerprint density at radius 2 is 0.842 bits per heavy atom. The number of carbonyl (C=O) groups excluding carboxylic acids is 4. The number of unbranched alkanes of at least 4 members (excludes halogenated alkanes) is 10. The lowest BCUT2D eigenvalue weighted by Gasteiger charge is -2.38. The minimum Gasteiger partial charge on any atom is -0.396 e. The minimum atomic E-state index is -0.540. The lowest BCUT2D eigenvalue weighted by Crippen LogP contribution is -2.48. The Bertz CT molecular complexity index is 2150. The highest BCUT2D eigenvalue weighted by Gasteiger charge is 2.41. The van der Waals surface area contributed by atoms with Crippen LogP contribution in [0.25, 0.3) is 43.1 Å². The van der Waals surface area contributed by atoms with Crippen LogP contribution in [0.15, 0.2) is 48.5 Å². The quantitative estimate of drug-likeness (QED) is 0.0327. The first-order valence-electron chi connectivity index (χ1n) is 22.3. The summed E-state index contributed by atoms with van der Waals surface area (Å²) in [5.41, 5.74) is 1.59. The summed E-state index contributed by atoms with van der Waals surface area (Å²) >= 11 is 0. The maximum absolute atomic E-state index is 14.6. The van der Waals surface area contributed by atoms with Crippen LogP contribution in [0.3, 0.4) is 0 Å². The number of carbonyl (C=O) groups is 4. The molecule has 0 bridgehead atoms. The summed E-state index contributed by atoms with van der Waals surface area (Å²) in [5.74, 6) is -1.04. The SMILES string of the molecule is CCCCCCCC(CCCCCCC)N1C(=O)c2ccc3c4ccc5c6c(ccc(c7ccc(c2c37)C1=O)c64)C(=O)N(CC(CO)(CCCC)CCCC)C5=O. The Balaban J connectivity index is 1.29. The van der Waals surface area contributed by atoms with E-state index in [0.29, 0.717) is 33.0 Å². The molecule has 302 valence electrons. The van der Waals surface area contributed by atoms with Gasteiger partial charge in [0.05, 0.1) is 6.61 Å². The van der Waals surface area contributed by atoms with Gasteiger partial charge in [-0.1, -0.05) is 142 Å². The van der Waals surface area contributed by atoms with Gasteiger partial charge in [-0.2, -0.15) is 0 Å². The van der Waals surface area contributed by atoms with Crippen molar-refractivity contribution in [1.82, 2.24) is 9.80 Å². The molecule has 2 aliphatic heterocycles. The number of nitrogens with zero attached hydrogens (tertiary/aromatic N) is 2. The molecule has 4 amide bonds. The fourth-order valence-corrected chi connectivity index (χ4v) is 10.1. The number of benzene rings is 5. The third kappa shape index (κ3) is 7.34. The fourth-order valence-electron chi connectivity index (χ4n) is 10.1. The zero-order chi connectivity index (χ0) is 40.3. The third-order valence-electron chi connectivity index (χ3n) is 13.3. The van der Waals surface area contributed by atoms with Gasteiger partial charge in [0, 0.05) is 51.0 Å². The zero-order valence-electron chi connectivity index (χ0n) is 34.8. The number of hydrogen-bond acceptors (Lipinski definition) is 5. The molecule has 1 N–H and O–H groups in total. The predicted molar refractivity (Wildman–Crippen MR) is 233 cm³/mol. The highest BCUT2D eigenvalue weighted by molar-refractivity contribution is 6.41. The van der Waals surface area contributed by atoms with Crippen LogP contribution in [0.1, 0.15) is 185 Å². The highest BCUT2D eigenvalue weighted by Crippen LogP contribution is 2.47. The van der Waals surface area contributed by atoms with Gasteiger partial charge in [-0.15, -0.1) is 0 Å². The summed E-state index contributed by atoms with van der Waals surface area (Å²) in [4.78, 5) is 60.9. The zero-order valence-corrected chi connectivity index (χ0v) is 34.8. The number of amides is 4. The van der Waals surface area contributed by atoms with Crippen molar-refractivity contribution in [2.75, 3.05) is 13.2 Å². The molecule has 0 spiro atoms. The van der Waals surface area contributed by atoms with E-state index in [2.05, 4.69) is 27.7 Å². The van der Waals surface area contributed by atoms with Gasteiger partial charge in [-0.25, -0.2) is 0 Å². The van der Waals surface area contributed by atoms with Crippen LogP contribution in [0.2, 0.25) is 0 Å². The largest absolute Gasteiger partial charge is 0.396 e. The lowest BCUT2D eigenvalue weighted by atomic mass is 9.77. The maximum atomic E-state index is 14.6. The summed E-state index contributed by atoms with van der Waals surface area (Å²) in [6.45, 7) is 8.79. The molecule has 2 heterocycles. The molecule has 57 heavy (non-hydrogen) atoms. The summed E-state index contributed by atoms with van der Waals surface area (Å²) in [5, 5.41) is 17.4. The van der Waals surface area contributed by atoms with Crippen molar-refractivity contribution in [3.8, 4) is 0 Å². The van der Waals surface area contributed by atoms with Gasteiger partial charge in [0.1, 0.15) is 0 Å². The van der Waals surface area contributed by atoms with E-state index >= 15 is 0 Å². The van der Waals surface area contributed by atoms with Crippen LogP contribution in [0.5, 0.6) is 0 Å². The molecule has 0 unspecified atom stereocenters. The van der Waals surface area contributed by atoms with E-state index in [0.717, 1.165) is 109 Å². The van der Waals surface area contributed by atoms with Crippen molar-refractivity contribution in [3.05, 3.63) is 70.8 Å². The highest BCUT2D eigenvalue weighted by atomic mass is 16.3. The number of rotatable bonds is 22. The van der Waals surface area contributed by atoms with E-state index in [1.807, 2.05) is 48.5 Å².